The average Bonchev–Trinajstić information content (AvgIpc) is 2.58. The number of esters is 1. The molecule has 0 aromatic rings. The van der Waals surface area contributed by atoms with Crippen molar-refractivity contribution >= 4 is 28.0 Å². The molecule has 5 nitrogen and oxygen atoms in total. The van der Waals surface area contributed by atoms with Crippen molar-refractivity contribution in [1.82, 2.24) is 5.32 Å². The minimum atomic E-state index is -1.19. The van der Waals surface area contributed by atoms with E-state index in [1.54, 1.807) is 0 Å². The first kappa shape index (κ1) is 24.1. The zero-order chi connectivity index (χ0) is 20.7. The zero-order valence-electron chi connectivity index (χ0n) is 17.8. The predicted molar refractivity (Wildman–Crippen MR) is 116 cm³/mol. The molecular formula is C20H39NO4Si2. The molecule has 2 N–H and O–H groups in total. The lowest BCUT2D eigenvalue weighted by atomic mass is 9.84. The predicted octanol–water partition coefficient (Wildman–Crippen LogP) is 3.80. The van der Waals surface area contributed by atoms with Gasteiger partial charge >= 0.3 is 5.97 Å². The summed E-state index contributed by atoms with van der Waals surface area (Å²) in [4.78, 5) is 23.0. The number of amides is 1. The van der Waals surface area contributed by atoms with Crippen molar-refractivity contribution in [3.05, 3.63) is 12.7 Å². The van der Waals surface area contributed by atoms with Gasteiger partial charge in [0.1, 0.15) is 12.6 Å². The minimum absolute atomic E-state index is 0.185. The van der Waals surface area contributed by atoms with E-state index in [4.69, 9.17) is 4.74 Å². The Balaban J connectivity index is 2.44. The second-order valence-electron chi connectivity index (χ2n) is 9.96. The molecule has 1 unspecified atom stereocenters. The maximum absolute atomic E-state index is 11.9. The number of aliphatic hydroxyl groups excluding tert-OH is 1. The molecule has 0 saturated heterocycles. The Labute approximate surface area is 167 Å². The summed E-state index contributed by atoms with van der Waals surface area (Å²) in [6.07, 6.45) is 3.63. The van der Waals surface area contributed by atoms with Gasteiger partial charge < -0.3 is 15.2 Å². The van der Waals surface area contributed by atoms with Gasteiger partial charge in [-0.1, -0.05) is 63.9 Å². The van der Waals surface area contributed by atoms with Crippen LogP contribution in [0, 0.1) is 5.92 Å². The highest BCUT2D eigenvalue weighted by Crippen LogP contribution is 2.33. The van der Waals surface area contributed by atoms with Crippen molar-refractivity contribution in [2.24, 2.45) is 5.92 Å². The van der Waals surface area contributed by atoms with Crippen molar-refractivity contribution in [2.75, 3.05) is 6.54 Å². The van der Waals surface area contributed by atoms with Crippen LogP contribution in [-0.4, -0.2) is 51.9 Å². The van der Waals surface area contributed by atoms with Gasteiger partial charge in [0, 0.05) is 16.1 Å². The summed E-state index contributed by atoms with van der Waals surface area (Å²) in [6, 6.07) is 4.11. The van der Waals surface area contributed by atoms with Crippen LogP contribution in [0.3, 0.4) is 0 Å². The van der Waals surface area contributed by atoms with E-state index in [0.29, 0.717) is 12.3 Å². The van der Waals surface area contributed by atoms with Crippen LogP contribution < -0.4 is 5.32 Å². The lowest BCUT2D eigenvalue weighted by Gasteiger charge is -2.34. The summed E-state index contributed by atoms with van der Waals surface area (Å²) in [5, 5.41) is 12.6. The van der Waals surface area contributed by atoms with Gasteiger partial charge in [0.2, 0.25) is 5.91 Å². The molecule has 1 fully saturated rings. The Morgan fingerprint density at radius 2 is 1.81 bits per heavy atom. The molecule has 7 heteroatoms. The third-order valence-corrected chi connectivity index (χ3v) is 11.0. The number of rotatable bonds is 10. The topological polar surface area (TPSA) is 75.6 Å². The van der Waals surface area contributed by atoms with E-state index < -0.39 is 40.2 Å². The first-order valence-corrected chi connectivity index (χ1v) is 17.3. The normalized spacial score (nSPS) is 23.6. The molecule has 0 aliphatic heterocycles. The van der Waals surface area contributed by atoms with Gasteiger partial charge in [-0.25, -0.2) is 0 Å². The number of carbonyl (C=O) groups is 2. The molecule has 1 saturated carbocycles. The lowest BCUT2D eigenvalue weighted by molar-refractivity contribution is -0.158. The Morgan fingerprint density at radius 1 is 1.15 bits per heavy atom. The van der Waals surface area contributed by atoms with Gasteiger partial charge in [-0.05, 0) is 31.3 Å². The molecule has 1 aliphatic rings. The lowest BCUT2D eigenvalue weighted by Crippen LogP contribution is -2.40. The molecule has 156 valence electrons. The van der Waals surface area contributed by atoms with Crippen LogP contribution in [0.25, 0.3) is 0 Å². The number of aliphatic hydroxyl groups is 1. The molecule has 0 spiro atoms. The first-order valence-electron chi connectivity index (χ1n) is 10.2. The van der Waals surface area contributed by atoms with E-state index in [-0.39, 0.29) is 6.54 Å². The van der Waals surface area contributed by atoms with Gasteiger partial charge in [-0.3, -0.25) is 9.59 Å². The smallest absolute Gasteiger partial charge is 0.325 e. The fourth-order valence-corrected chi connectivity index (χ4v) is 10.6. The van der Waals surface area contributed by atoms with E-state index in [9.17, 15) is 14.7 Å². The van der Waals surface area contributed by atoms with E-state index in [1.165, 1.54) is 24.6 Å². The minimum Gasteiger partial charge on any atom is -0.458 e. The maximum Gasteiger partial charge on any atom is 0.325 e. The number of hydrogen-bond acceptors (Lipinski definition) is 4. The van der Waals surface area contributed by atoms with E-state index in [0.717, 1.165) is 18.9 Å². The highest BCUT2D eigenvalue weighted by atomic mass is 28.3. The maximum atomic E-state index is 11.9. The van der Waals surface area contributed by atoms with Crippen LogP contribution in [0.4, 0.5) is 0 Å². The van der Waals surface area contributed by atoms with Crippen molar-refractivity contribution < 1.29 is 19.4 Å². The van der Waals surface area contributed by atoms with Crippen LogP contribution in [0.2, 0.25) is 50.9 Å². The quantitative estimate of drug-likeness (QED) is 0.324. The van der Waals surface area contributed by atoms with Crippen molar-refractivity contribution in [3.63, 3.8) is 0 Å². The summed E-state index contributed by atoms with van der Waals surface area (Å²) >= 11 is 0. The second-order valence-corrected chi connectivity index (χ2v) is 20.9. The standard InChI is InChI=1S/C20H39NO4Si2/c1-7-19(23)21-15-20(24)25-18-14-16(8-9-17(18)22)10-11-27(5,6)13-12-26(2,3)4/h7,16-18,22H,1,8-15H2,2-6H3,(H,21,23)/t16-,17+,18?/m0/s1. The molecule has 0 heterocycles. The second kappa shape index (κ2) is 10.6. The average molecular weight is 414 g/mol. The van der Waals surface area contributed by atoms with Gasteiger partial charge in [0.15, 0.2) is 0 Å². The molecule has 0 radical (unpaired) electrons. The summed E-state index contributed by atoms with van der Waals surface area (Å²) in [5.41, 5.74) is 0. The fraction of sp³-hybridized carbons (Fsp3) is 0.800. The molecule has 1 aliphatic carbocycles. The van der Waals surface area contributed by atoms with Gasteiger partial charge in [0.05, 0.1) is 6.10 Å². The van der Waals surface area contributed by atoms with E-state index >= 15 is 0 Å². The van der Waals surface area contributed by atoms with Gasteiger partial charge in [-0.15, -0.1) is 0 Å². The Bertz CT molecular complexity index is 517. The number of carbonyl (C=O) groups excluding carboxylic acids is 2. The third-order valence-electron chi connectivity index (χ3n) is 5.52. The van der Waals surface area contributed by atoms with Gasteiger partial charge in [0.25, 0.3) is 0 Å². The van der Waals surface area contributed by atoms with Crippen LogP contribution in [-0.2, 0) is 14.3 Å². The largest absolute Gasteiger partial charge is 0.458 e. The first-order chi connectivity index (χ1) is 12.4. The van der Waals surface area contributed by atoms with E-state index in [1.807, 2.05) is 0 Å². The number of hydrogen-bond donors (Lipinski definition) is 2. The molecule has 1 rings (SSSR count). The Morgan fingerprint density at radius 3 is 2.41 bits per heavy atom. The molecule has 1 amide bonds. The molecule has 0 aromatic carbocycles. The van der Waals surface area contributed by atoms with E-state index in [2.05, 4.69) is 44.6 Å². The van der Waals surface area contributed by atoms with Crippen LogP contribution >= 0.6 is 0 Å². The molecule has 0 aromatic heterocycles. The molecule has 0 bridgehead atoms. The highest BCUT2D eigenvalue weighted by Gasteiger charge is 2.33. The fourth-order valence-electron chi connectivity index (χ4n) is 3.46. The summed E-state index contributed by atoms with van der Waals surface area (Å²) in [5.74, 6) is -0.396. The summed E-state index contributed by atoms with van der Waals surface area (Å²) in [7, 11) is -2.17. The van der Waals surface area contributed by atoms with Crippen molar-refractivity contribution in [1.29, 1.82) is 0 Å². The van der Waals surface area contributed by atoms with Crippen LogP contribution in [0.5, 0.6) is 0 Å². The highest BCUT2D eigenvalue weighted by molar-refractivity contribution is 6.82. The van der Waals surface area contributed by atoms with Gasteiger partial charge in [-0.2, -0.15) is 0 Å². The molecule has 3 atom stereocenters. The van der Waals surface area contributed by atoms with Crippen LogP contribution in [0.15, 0.2) is 12.7 Å². The zero-order valence-corrected chi connectivity index (χ0v) is 19.8. The van der Waals surface area contributed by atoms with Crippen molar-refractivity contribution in [3.8, 4) is 0 Å². The monoisotopic (exact) mass is 413 g/mol. The molecule has 27 heavy (non-hydrogen) atoms. The summed E-state index contributed by atoms with van der Waals surface area (Å²) < 4.78 is 5.43. The summed E-state index contributed by atoms with van der Waals surface area (Å²) in [6.45, 7) is 15.5. The Kier molecular flexibility index (Phi) is 9.44. The third kappa shape index (κ3) is 10.3. The Hall–Kier alpha value is -0.926. The number of nitrogens with one attached hydrogen (secondary N) is 1. The SMILES string of the molecule is C=CC(=O)NCC(=O)OC1C[C@H](CC[Si](C)(C)CC[Si](C)(C)C)CC[C@H]1O. The van der Waals surface area contributed by atoms with Crippen molar-refractivity contribution in [2.45, 2.75) is 88.8 Å². The van der Waals surface area contributed by atoms with Crippen LogP contribution in [0.1, 0.15) is 25.7 Å². The number of ether oxygens (including phenoxy) is 1. The molecular weight excluding hydrogens is 374 g/mol.